The van der Waals surface area contributed by atoms with Crippen LogP contribution in [0.1, 0.15) is 22.8 Å². The van der Waals surface area contributed by atoms with Crippen molar-refractivity contribution >= 4 is 29.3 Å². The Morgan fingerprint density at radius 2 is 2.00 bits per heavy atom. The minimum Gasteiger partial charge on any atom is -0.435 e. The van der Waals surface area contributed by atoms with E-state index in [0.717, 1.165) is 10.5 Å². The second-order valence-electron chi connectivity index (χ2n) is 5.99. The Hall–Kier alpha value is -2.61. The van der Waals surface area contributed by atoms with Gasteiger partial charge in [0.05, 0.1) is 10.9 Å². The highest BCUT2D eigenvalue weighted by molar-refractivity contribution is 8.00. The van der Waals surface area contributed by atoms with E-state index in [2.05, 4.69) is 15.4 Å². The summed E-state index contributed by atoms with van der Waals surface area (Å²) in [6, 6.07) is 11.5. The largest absolute Gasteiger partial charge is 0.435 e. The number of thioether (sulfide) groups is 1. The molecular weight excluding hydrogens is 374 g/mol. The fraction of sp³-hybridized carbons (Fsp3) is 0.263. The molecule has 8 heteroatoms. The molecule has 1 unspecified atom stereocenters. The number of carbonyl (C=O) groups is 2. The highest BCUT2D eigenvalue weighted by Gasteiger charge is 2.23. The van der Waals surface area contributed by atoms with Crippen molar-refractivity contribution < 1.29 is 23.1 Å². The molecule has 0 radical (unpaired) electrons. The van der Waals surface area contributed by atoms with Crippen molar-refractivity contribution in [3.63, 3.8) is 0 Å². The first-order chi connectivity index (χ1) is 12.9. The SMILES string of the molecule is CC1Sc2ccc(C(=O)NCCc3ccc(OC(F)F)cc3)cc2NC1=O. The smallest absolute Gasteiger partial charge is 0.387 e. The van der Waals surface area contributed by atoms with Gasteiger partial charge < -0.3 is 15.4 Å². The Balaban J connectivity index is 1.54. The Labute approximate surface area is 159 Å². The predicted molar refractivity (Wildman–Crippen MR) is 99.5 cm³/mol. The van der Waals surface area contributed by atoms with E-state index in [4.69, 9.17) is 0 Å². The van der Waals surface area contributed by atoms with Crippen molar-refractivity contribution in [1.82, 2.24) is 5.32 Å². The molecule has 0 saturated carbocycles. The highest BCUT2D eigenvalue weighted by atomic mass is 32.2. The molecule has 1 aliphatic rings. The molecule has 2 aromatic carbocycles. The van der Waals surface area contributed by atoms with Crippen LogP contribution in [0.5, 0.6) is 5.75 Å². The monoisotopic (exact) mass is 392 g/mol. The van der Waals surface area contributed by atoms with Crippen LogP contribution in [-0.2, 0) is 11.2 Å². The first-order valence-electron chi connectivity index (χ1n) is 8.36. The van der Waals surface area contributed by atoms with Gasteiger partial charge in [-0.1, -0.05) is 12.1 Å². The van der Waals surface area contributed by atoms with Crippen LogP contribution in [0.2, 0.25) is 0 Å². The minimum atomic E-state index is -2.85. The molecule has 27 heavy (non-hydrogen) atoms. The number of alkyl halides is 2. The average Bonchev–Trinajstić information content (AvgIpc) is 2.63. The quantitative estimate of drug-likeness (QED) is 0.787. The Kier molecular flexibility index (Phi) is 5.95. The summed E-state index contributed by atoms with van der Waals surface area (Å²) in [4.78, 5) is 25.0. The lowest BCUT2D eigenvalue weighted by atomic mass is 10.1. The number of benzene rings is 2. The van der Waals surface area contributed by atoms with Gasteiger partial charge in [0.25, 0.3) is 5.91 Å². The average molecular weight is 392 g/mol. The number of nitrogens with one attached hydrogen (secondary N) is 2. The van der Waals surface area contributed by atoms with Crippen LogP contribution < -0.4 is 15.4 Å². The van der Waals surface area contributed by atoms with Gasteiger partial charge >= 0.3 is 6.61 Å². The van der Waals surface area contributed by atoms with Gasteiger partial charge in [0.2, 0.25) is 5.91 Å². The predicted octanol–water partition coefficient (Wildman–Crippen LogP) is 3.69. The molecular formula is C19H18F2N2O3S. The van der Waals surface area contributed by atoms with Crippen molar-refractivity contribution in [2.45, 2.75) is 30.1 Å². The molecule has 0 saturated heterocycles. The Morgan fingerprint density at radius 1 is 1.26 bits per heavy atom. The number of halogens is 2. The van der Waals surface area contributed by atoms with Gasteiger partial charge in [-0.15, -0.1) is 11.8 Å². The number of hydrogen-bond donors (Lipinski definition) is 2. The topological polar surface area (TPSA) is 67.4 Å². The van der Waals surface area contributed by atoms with E-state index in [1.54, 1.807) is 24.3 Å². The summed E-state index contributed by atoms with van der Waals surface area (Å²) in [6.07, 6.45) is 0.551. The molecule has 0 fully saturated rings. The van der Waals surface area contributed by atoms with Crippen LogP contribution in [0.25, 0.3) is 0 Å². The lowest BCUT2D eigenvalue weighted by Crippen LogP contribution is -2.28. The summed E-state index contributed by atoms with van der Waals surface area (Å²) < 4.78 is 28.5. The standard InChI is InChI=1S/C19H18F2N2O3S/c1-11-17(24)23-15-10-13(4-7-16(15)27-11)18(25)22-9-8-12-2-5-14(6-3-12)26-19(20)21/h2-7,10-11,19H,8-9H2,1H3,(H,22,25)(H,23,24). The maximum absolute atomic E-state index is 12.3. The molecule has 3 rings (SSSR count). The highest BCUT2D eigenvalue weighted by Crippen LogP contribution is 2.35. The number of amides is 2. The first kappa shape index (κ1) is 19.2. The van der Waals surface area contributed by atoms with Crippen molar-refractivity contribution in [2.24, 2.45) is 0 Å². The molecule has 2 amide bonds. The van der Waals surface area contributed by atoms with E-state index in [9.17, 15) is 18.4 Å². The molecule has 1 heterocycles. The van der Waals surface area contributed by atoms with Gasteiger partial charge in [-0.2, -0.15) is 8.78 Å². The van der Waals surface area contributed by atoms with E-state index < -0.39 is 6.61 Å². The Morgan fingerprint density at radius 3 is 2.70 bits per heavy atom. The molecule has 2 aromatic rings. The van der Waals surface area contributed by atoms with Gasteiger partial charge in [0.1, 0.15) is 5.75 Å². The van der Waals surface area contributed by atoms with Gasteiger partial charge in [0.15, 0.2) is 0 Å². The molecule has 2 N–H and O–H groups in total. The van der Waals surface area contributed by atoms with Crippen LogP contribution in [0.15, 0.2) is 47.4 Å². The third kappa shape index (κ3) is 4.97. The fourth-order valence-corrected chi connectivity index (χ4v) is 3.54. The lowest BCUT2D eigenvalue weighted by Gasteiger charge is -2.21. The molecule has 142 valence electrons. The van der Waals surface area contributed by atoms with Crippen LogP contribution in [0.4, 0.5) is 14.5 Å². The molecule has 5 nitrogen and oxygen atoms in total. The third-order valence-electron chi connectivity index (χ3n) is 4.02. The molecule has 0 aromatic heterocycles. The second-order valence-corrected chi connectivity index (χ2v) is 7.37. The van der Waals surface area contributed by atoms with E-state index in [1.165, 1.54) is 23.9 Å². The van der Waals surface area contributed by atoms with E-state index in [-0.39, 0.29) is 22.8 Å². The molecule has 1 aliphatic heterocycles. The first-order valence-corrected chi connectivity index (χ1v) is 9.24. The zero-order valence-electron chi connectivity index (χ0n) is 14.5. The summed E-state index contributed by atoms with van der Waals surface area (Å²) in [7, 11) is 0. The number of hydrogen-bond acceptors (Lipinski definition) is 4. The van der Waals surface area contributed by atoms with Crippen LogP contribution in [0.3, 0.4) is 0 Å². The van der Waals surface area contributed by atoms with Crippen molar-refractivity contribution in [3.8, 4) is 5.75 Å². The van der Waals surface area contributed by atoms with Gasteiger partial charge in [-0.3, -0.25) is 9.59 Å². The van der Waals surface area contributed by atoms with E-state index in [1.807, 2.05) is 13.0 Å². The third-order valence-corrected chi connectivity index (χ3v) is 5.20. The van der Waals surface area contributed by atoms with Crippen LogP contribution in [0, 0.1) is 0 Å². The van der Waals surface area contributed by atoms with Crippen LogP contribution in [-0.4, -0.2) is 30.2 Å². The van der Waals surface area contributed by atoms with E-state index in [0.29, 0.717) is 24.2 Å². The van der Waals surface area contributed by atoms with Gasteiger partial charge in [-0.05, 0) is 49.2 Å². The number of fused-ring (bicyclic) bond motifs is 1. The zero-order valence-corrected chi connectivity index (χ0v) is 15.3. The Bertz CT molecular complexity index is 843. The summed E-state index contributed by atoms with van der Waals surface area (Å²) >= 11 is 1.46. The van der Waals surface area contributed by atoms with Gasteiger partial charge in [0, 0.05) is 17.0 Å². The molecule has 0 bridgehead atoms. The number of carbonyl (C=O) groups excluding carboxylic acids is 2. The summed E-state index contributed by atoms with van der Waals surface area (Å²) in [5, 5.41) is 5.45. The number of anilines is 1. The molecule has 0 aliphatic carbocycles. The van der Waals surface area contributed by atoms with E-state index >= 15 is 0 Å². The zero-order chi connectivity index (χ0) is 19.4. The molecule has 0 spiro atoms. The fourth-order valence-electron chi connectivity index (χ4n) is 2.61. The van der Waals surface area contributed by atoms with Gasteiger partial charge in [-0.25, -0.2) is 0 Å². The van der Waals surface area contributed by atoms with Crippen molar-refractivity contribution in [2.75, 3.05) is 11.9 Å². The number of ether oxygens (including phenoxy) is 1. The summed E-state index contributed by atoms with van der Waals surface area (Å²) in [6.45, 7) is -0.628. The summed E-state index contributed by atoms with van der Waals surface area (Å²) in [5.41, 5.74) is 2.00. The summed E-state index contributed by atoms with van der Waals surface area (Å²) in [5.74, 6) is -0.223. The van der Waals surface area contributed by atoms with Crippen molar-refractivity contribution in [3.05, 3.63) is 53.6 Å². The number of rotatable bonds is 6. The maximum atomic E-state index is 12.3. The van der Waals surface area contributed by atoms with Crippen LogP contribution >= 0.6 is 11.8 Å². The second kappa shape index (κ2) is 8.39. The lowest BCUT2D eigenvalue weighted by molar-refractivity contribution is -0.115. The minimum absolute atomic E-state index is 0.0793. The van der Waals surface area contributed by atoms with Crippen molar-refractivity contribution in [1.29, 1.82) is 0 Å². The molecule has 1 atom stereocenters. The maximum Gasteiger partial charge on any atom is 0.387 e. The normalized spacial score (nSPS) is 15.9.